The number of thiophene rings is 1. The molecule has 0 spiro atoms. The van der Waals surface area contributed by atoms with Gasteiger partial charge in [0.2, 0.25) is 5.91 Å². The van der Waals surface area contributed by atoms with Crippen LogP contribution in [0, 0.1) is 5.92 Å². The highest BCUT2D eigenvalue weighted by atomic mass is 32.1. The fraction of sp³-hybridized carbons (Fsp3) is 0.643. The van der Waals surface area contributed by atoms with Crippen LogP contribution in [0.4, 0.5) is 0 Å². The second kappa shape index (κ2) is 5.85. The molecule has 0 radical (unpaired) electrons. The van der Waals surface area contributed by atoms with E-state index in [1.54, 1.807) is 11.3 Å². The van der Waals surface area contributed by atoms with E-state index in [9.17, 15) is 4.79 Å². The van der Waals surface area contributed by atoms with E-state index in [2.05, 4.69) is 37.5 Å². The number of rotatable bonds is 5. The van der Waals surface area contributed by atoms with E-state index in [4.69, 9.17) is 0 Å². The summed E-state index contributed by atoms with van der Waals surface area (Å²) in [6.45, 7) is 7.22. The van der Waals surface area contributed by atoms with Gasteiger partial charge in [-0.1, -0.05) is 33.3 Å². The molecule has 0 saturated carbocycles. The molecule has 3 nitrogen and oxygen atoms in total. The monoisotopic (exact) mass is 266 g/mol. The lowest BCUT2D eigenvalue weighted by molar-refractivity contribution is -0.130. The summed E-state index contributed by atoms with van der Waals surface area (Å²) in [7, 11) is 0. The van der Waals surface area contributed by atoms with Crippen LogP contribution in [0.2, 0.25) is 0 Å². The molecule has 1 aromatic rings. The van der Waals surface area contributed by atoms with E-state index in [1.165, 1.54) is 4.88 Å². The van der Waals surface area contributed by atoms with E-state index < -0.39 is 0 Å². The van der Waals surface area contributed by atoms with Crippen molar-refractivity contribution in [3.8, 4) is 0 Å². The molecule has 0 bridgehead atoms. The molecule has 1 aliphatic heterocycles. The number of amides is 1. The Hall–Kier alpha value is -0.870. The molecule has 1 saturated heterocycles. The Kier molecular flexibility index (Phi) is 4.40. The molecular weight excluding hydrogens is 244 g/mol. The molecule has 2 heterocycles. The summed E-state index contributed by atoms with van der Waals surface area (Å²) in [5.74, 6) is 0.600. The quantitative estimate of drug-likeness (QED) is 0.888. The van der Waals surface area contributed by atoms with Crippen LogP contribution in [-0.2, 0) is 4.79 Å². The van der Waals surface area contributed by atoms with Gasteiger partial charge in [0.15, 0.2) is 0 Å². The zero-order valence-corrected chi connectivity index (χ0v) is 12.2. The summed E-state index contributed by atoms with van der Waals surface area (Å²) < 4.78 is 0. The minimum atomic E-state index is -0.0334. The van der Waals surface area contributed by atoms with E-state index in [0.29, 0.717) is 5.92 Å². The molecule has 18 heavy (non-hydrogen) atoms. The van der Waals surface area contributed by atoms with Crippen LogP contribution in [0.15, 0.2) is 17.5 Å². The standard InChI is InChI=1S/C14H22N2OS/c1-4-5-8-16-13(11-7-6-9-18-11)15-12(10(2)3)14(16)17/h6-7,9-10,12-13,15H,4-5,8H2,1-3H3. The number of carbonyl (C=O) groups excluding carboxylic acids is 1. The summed E-state index contributed by atoms with van der Waals surface area (Å²) >= 11 is 1.72. The Bertz CT molecular complexity index is 389. The van der Waals surface area contributed by atoms with Gasteiger partial charge in [0.25, 0.3) is 0 Å². The van der Waals surface area contributed by atoms with Gasteiger partial charge in [0.1, 0.15) is 6.17 Å². The minimum absolute atomic E-state index is 0.0334. The maximum atomic E-state index is 12.4. The van der Waals surface area contributed by atoms with Gasteiger partial charge in [0.05, 0.1) is 6.04 Å². The van der Waals surface area contributed by atoms with Crippen molar-refractivity contribution in [2.75, 3.05) is 6.54 Å². The average Bonchev–Trinajstić information content (AvgIpc) is 2.94. The molecule has 2 unspecified atom stereocenters. The smallest absolute Gasteiger partial charge is 0.241 e. The first kappa shape index (κ1) is 13.6. The molecular formula is C14H22N2OS. The first-order chi connectivity index (χ1) is 8.65. The average molecular weight is 266 g/mol. The van der Waals surface area contributed by atoms with E-state index in [1.807, 2.05) is 11.0 Å². The molecule has 2 atom stereocenters. The van der Waals surface area contributed by atoms with E-state index in [-0.39, 0.29) is 18.1 Å². The van der Waals surface area contributed by atoms with Gasteiger partial charge >= 0.3 is 0 Å². The van der Waals surface area contributed by atoms with Gasteiger partial charge in [-0.05, 0) is 23.8 Å². The summed E-state index contributed by atoms with van der Waals surface area (Å²) in [6, 6.07) is 4.12. The maximum absolute atomic E-state index is 12.4. The summed E-state index contributed by atoms with van der Waals surface area (Å²) in [5.41, 5.74) is 0. The van der Waals surface area contributed by atoms with Crippen molar-refractivity contribution in [1.29, 1.82) is 0 Å². The molecule has 0 aromatic carbocycles. The Morgan fingerprint density at radius 3 is 2.83 bits per heavy atom. The largest absolute Gasteiger partial charge is 0.321 e. The van der Waals surface area contributed by atoms with E-state index in [0.717, 1.165) is 19.4 Å². The number of hydrogen-bond donors (Lipinski definition) is 1. The van der Waals surface area contributed by atoms with Crippen molar-refractivity contribution in [2.45, 2.75) is 45.8 Å². The first-order valence-corrected chi connectivity index (χ1v) is 7.63. The second-order valence-corrected chi connectivity index (χ2v) is 6.17. The number of hydrogen-bond acceptors (Lipinski definition) is 3. The third-order valence-electron chi connectivity index (χ3n) is 3.43. The third kappa shape index (κ3) is 2.59. The van der Waals surface area contributed by atoms with Gasteiger partial charge in [0, 0.05) is 11.4 Å². The highest BCUT2D eigenvalue weighted by Gasteiger charge is 2.40. The van der Waals surface area contributed by atoms with Gasteiger partial charge in [-0.15, -0.1) is 11.3 Å². The van der Waals surface area contributed by atoms with Crippen LogP contribution in [0.25, 0.3) is 0 Å². The van der Waals surface area contributed by atoms with Crippen LogP contribution in [0.3, 0.4) is 0 Å². The number of unbranched alkanes of at least 4 members (excludes halogenated alkanes) is 1. The van der Waals surface area contributed by atoms with Gasteiger partial charge in [-0.25, -0.2) is 0 Å². The van der Waals surface area contributed by atoms with Crippen LogP contribution in [0.1, 0.15) is 44.7 Å². The minimum Gasteiger partial charge on any atom is -0.321 e. The molecule has 100 valence electrons. The molecule has 1 N–H and O–H groups in total. The Labute approximate surface area is 113 Å². The normalized spacial score (nSPS) is 24.2. The Morgan fingerprint density at radius 1 is 1.50 bits per heavy atom. The lowest BCUT2D eigenvalue weighted by Crippen LogP contribution is -2.34. The molecule has 0 aliphatic carbocycles. The van der Waals surface area contributed by atoms with E-state index >= 15 is 0 Å². The molecule has 1 aromatic heterocycles. The maximum Gasteiger partial charge on any atom is 0.241 e. The summed E-state index contributed by atoms with van der Waals surface area (Å²) in [6.07, 6.45) is 2.27. The molecule has 2 rings (SSSR count). The number of carbonyl (C=O) groups is 1. The van der Waals surface area contributed by atoms with Crippen LogP contribution in [-0.4, -0.2) is 23.4 Å². The summed E-state index contributed by atoms with van der Waals surface area (Å²) in [5, 5.41) is 5.56. The van der Waals surface area contributed by atoms with Crippen molar-refractivity contribution in [3.63, 3.8) is 0 Å². The molecule has 4 heteroatoms. The lowest BCUT2D eigenvalue weighted by atomic mass is 10.1. The van der Waals surface area contributed by atoms with Crippen molar-refractivity contribution < 1.29 is 4.79 Å². The molecule has 1 fully saturated rings. The predicted molar refractivity (Wildman–Crippen MR) is 75.4 cm³/mol. The number of nitrogens with one attached hydrogen (secondary N) is 1. The van der Waals surface area contributed by atoms with Crippen molar-refractivity contribution in [1.82, 2.24) is 10.2 Å². The predicted octanol–water partition coefficient (Wildman–Crippen LogP) is 3.00. The van der Waals surface area contributed by atoms with Gasteiger partial charge in [-0.2, -0.15) is 0 Å². The molecule has 1 aliphatic rings. The van der Waals surface area contributed by atoms with Gasteiger partial charge < -0.3 is 4.90 Å². The van der Waals surface area contributed by atoms with Crippen LogP contribution < -0.4 is 5.32 Å². The van der Waals surface area contributed by atoms with Crippen LogP contribution >= 0.6 is 11.3 Å². The third-order valence-corrected chi connectivity index (χ3v) is 4.35. The summed E-state index contributed by atoms with van der Waals surface area (Å²) in [4.78, 5) is 15.7. The topological polar surface area (TPSA) is 32.3 Å². The van der Waals surface area contributed by atoms with Gasteiger partial charge in [-0.3, -0.25) is 10.1 Å². The second-order valence-electron chi connectivity index (χ2n) is 5.19. The van der Waals surface area contributed by atoms with Crippen molar-refractivity contribution in [3.05, 3.63) is 22.4 Å². The SMILES string of the molecule is CCCCN1C(=O)C(C(C)C)NC1c1cccs1. The highest BCUT2D eigenvalue weighted by Crippen LogP contribution is 2.30. The first-order valence-electron chi connectivity index (χ1n) is 6.75. The van der Waals surface area contributed by atoms with Crippen molar-refractivity contribution in [2.24, 2.45) is 5.92 Å². The number of nitrogens with zero attached hydrogens (tertiary/aromatic N) is 1. The van der Waals surface area contributed by atoms with Crippen molar-refractivity contribution >= 4 is 17.2 Å². The Balaban J connectivity index is 2.18. The highest BCUT2D eigenvalue weighted by molar-refractivity contribution is 7.10. The lowest BCUT2D eigenvalue weighted by Gasteiger charge is -2.23. The Morgan fingerprint density at radius 2 is 2.28 bits per heavy atom. The van der Waals surface area contributed by atoms with Crippen LogP contribution in [0.5, 0.6) is 0 Å². The fourth-order valence-electron chi connectivity index (χ4n) is 2.37. The zero-order chi connectivity index (χ0) is 13.1. The fourth-order valence-corrected chi connectivity index (χ4v) is 3.16. The zero-order valence-electron chi connectivity index (χ0n) is 11.3. The molecule has 1 amide bonds.